The second kappa shape index (κ2) is 45.4. The minimum Gasteiger partial charge on any atom is -0.463 e. The average molecular weight is 755 g/mol. The van der Waals surface area contributed by atoms with Crippen LogP contribution in [-0.4, -0.2) is 171 Å². The molecule has 0 bridgehead atoms. The summed E-state index contributed by atoms with van der Waals surface area (Å²) in [4.78, 5) is 22.6. The molecule has 0 aromatic heterocycles. The molecule has 0 atom stereocenters. The molecule has 0 spiro atoms. The molecule has 0 heterocycles. The van der Waals surface area contributed by atoms with Crippen molar-refractivity contribution in [2.75, 3.05) is 159 Å². The second-order valence-corrected chi connectivity index (χ2v) is 11.2. The maximum Gasteiger partial charge on any atom is 0.330 e. The smallest absolute Gasteiger partial charge is 0.330 e. The highest BCUT2D eigenvalue weighted by atomic mass is 16.6. The van der Waals surface area contributed by atoms with E-state index in [0.717, 1.165) is 18.9 Å². The minimum absolute atomic E-state index is 0.145. The van der Waals surface area contributed by atoms with E-state index in [0.29, 0.717) is 152 Å². The molecule has 15 heteroatoms. The molecule has 0 radical (unpaired) electrons. The molecule has 0 aromatic carbocycles. The first kappa shape index (κ1) is 50.2. The zero-order chi connectivity index (χ0) is 37.7. The summed E-state index contributed by atoms with van der Waals surface area (Å²) in [5.74, 6) is -0.607. The van der Waals surface area contributed by atoms with E-state index in [-0.39, 0.29) is 19.2 Å². The van der Waals surface area contributed by atoms with Gasteiger partial charge in [-0.2, -0.15) is 0 Å². The summed E-state index contributed by atoms with van der Waals surface area (Å²) >= 11 is 0. The van der Waals surface area contributed by atoms with Gasteiger partial charge in [-0.1, -0.05) is 52.0 Å². The summed E-state index contributed by atoms with van der Waals surface area (Å²) in [6.07, 6.45) is 9.88. The van der Waals surface area contributed by atoms with Crippen LogP contribution in [-0.2, 0) is 71.2 Å². The molecule has 15 nitrogen and oxygen atoms in total. The third-order valence-corrected chi connectivity index (χ3v) is 6.83. The van der Waals surface area contributed by atoms with E-state index in [4.69, 9.17) is 61.6 Å². The molecule has 0 aromatic rings. The Morgan fingerprint density at radius 2 is 0.615 bits per heavy atom. The molecule has 52 heavy (non-hydrogen) atoms. The van der Waals surface area contributed by atoms with Crippen LogP contribution in [0.2, 0.25) is 0 Å². The Balaban J connectivity index is 3.11. The molecule has 0 N–H and O–H groups in total. The third-order valence-electron chi connectivity index (χ3n) is 6.83. The lowest BCUT2D eigenvalue weighted by molar-refractivity contribution is -0.145. The lowest BCUT2D eigenvalue weighted by Crippen LogP contribution is -2.16. The Hall–Kier alpha value is -1.76. The maximum absolute atomic E-state index is 11.7. The van der Waals surface area contributed by atoms with Crippen molar-refractivity contribution in [1.29, 1.82) is 0 Å². The molecule has 0 rings (SSSR count). The Bertz CT molecular complexity index is 744. The molecule has 0 aliphatic rings. The molecule has 308 valence electrons. The molecule has 0 fully saturated rings. The zero-order valence-electron chi connectivity index (χ0n) is 32.0. The van der Waals surface area contributed by atoms with Gasteiger partial charge in [0.25, 0.3) is 0 Å². The fraction of sp³-hybridized carbons (Fsp3) is 0.892. The molecular formula is C37H70O15. The van der Waals surface area contributed by atoms with E-state index in [1.54, 1.807) is 0 Å². The molecule has 0 saturated carbocycles. The fourth-order valence-corrected chi connectivity index (χ4v) is 4.07. The highest BCUT2D eigenvalue weighted by Gasteiger charge is 2.03. The molecule has 0 aliphatic carbocycles. The van der Waals surface area contributed by atoms with E-state index in [9.17, 15) is 9.59 Å². The van der Waals surface area contributed by atoms with Crippen LogP contribution in [0.4, 0.5) is 0 Å². The van der Waals surface area contributed by atoms with Crippen molar-refractivity contribution in [3.8, 4) is 0 Å². The van der Waals surface area contributed by atoms with Crippen LogP contribution in [0.15, 0.2) is 12.7 Å². The van der Waals surface area contributed by atoms with Gasteiger partial charge in [-0.25, -0.2) is 4.79 Å². The SMILES string of the molecule is C=CC(=O)OCCOCCOCCOCCOCCOCCOCCOCCOCCOCCOCCOCCOC(=O)CCCCCCCCC. The summed E-state index contributed by atoms with van der Waals surface area (Å²) in [7, 11) is 0. The number of ether oxygens (including phenoxy) is 13. The van der Waals surface area contributed by atoms with Crippen molar-refractivity contribution >= 4 is 11.9 Å². The number of hydrogen-bond acceptors (Lipinski definition) is 15. The summed E-state index contributed by atoms with van der Waals surface area (Å²) in [5.41, 5.74) is 0. The number of esters is 2. The van der Waals surface area contributed by atoms with Gasteiger partial charge in [0.1, 0.15) is 13.2 Å². The van der Waals surface area contributed by atoms with Crippen molar-refractivity contribution in [2.45, 2.75) is 58.3 Å². The van der Waals surface area contributed by atoms with Gasteiger partial charge in [-0.3, -0.25) is 4.79 Å². The normalized spacial score (nSPS) is 11.2. The molecular weight excluding hydrogens is 684 g/mol. The van der Waals surface area contributed by atoms with Crippen molar-refractivity contribution in [3.05, 3.63) is 12.7 Å². The summed E-state index contributed by atoms with van der Waals surface area (Å²) in [5, 5.41) is 0. The van der Waals surface area contributed by atoms with Gasteiger partial charge >= 0.3 is 11.9 Å². The number of hydrogen-bond donors (Lipinski definition) is 0. The van der Waals surface area contributed by atoms with Crippen LogP contribution in [0.3, 0.4) is 0 Å². The largest absolute Gasteiger partial charge is 0.463 e. The van der Waals surface area contributed by atoms with Crippen molar-refractivity contribution in [3.63, 3.8) is 0 Å². The van der Waals surface area contributed by atoms with Crippen LogP contribution in [0.5, 0.6) is 0 Å². The van der Waals surface area contributed by atoms with Gasteiger partial charge < -0.3 is 61.6 Å². The lowest BCUT2D eigenvalue weighted by atomic mass is 10.1. The Morgan fingerprint density at radius 3 is 0.904 bits per heavy atom. The van der Waals surface area contributed by atoms with Gasteiger partial charge in [-0.15, -0.1) is 0 Å². The highest BCUT2D eigenvalue weighted by Crippen LogP contribution is 2.08. The lowest BCUT2D eigenvalue weighted by Gasteiger charge is -2.09. The monoisotopic (exact) mass is 754 g/mol. The van der Waals surface area contributed by atoms with E-state index in [2.05, 4.69) is 13.5 Å². The minimum atomic E-state index is -0.462. The Morgan fingerprint density at radius 1 is 0.365 bits per heavy atom. The van der Waals surface area contributed by atoms with Crippen LogP contribution in [0.25, 0.3) is 0 Å². The predicted molar refractivity (Wildman–Crippen MR) is 194 cm³/mol. The van der Waals surface area contributed by atoms with Gasteiger partial charge in [-0.05, 0) is 6.42 Å². The van der Waals surface area contributed by atoms with E-state index < -0.39 is 5.97 Å². The summed E-state index contributed by atoms with van der Waals surface area (Å²) < 4.78 is 69.8. The predicted octanol–water partition coefficient (Wildman–Crippen LogP) is 3.58. The molecule has 0 unspecified atom stereocenters. The van der Waals surface area contributed by atoms with Gasteiger partial charge in [0.2, 0.25) is 0 Å². The molecule has 0 amide bonds. The number of carbonyl (C=O) groups is 2. The van der Waals surface area contributed by atoms with E-state index >= 15 is 0 Å². The first-order chi connectivity index (χ1) is 25.7. The standard InChI is InChI=1S/C37H70O15/c1-3-5-6-7-8-9-10-11-37(39)52-35-33-50-31-29-48-27-25-46-23-21-44-19-17-42-15-13-40-12-14-41-16-18-43-20-22-45-24-26-47-28-30-49-32-34-51-36(38)4-2/h4H,2-3,5-35H2,1H3. The molecule has 0 saturated heterocycles. The first-order valence-electron chi connectivity index (χ1n) is 19.0. The number of unbranched alkanes of at least 4 members (excludes halogenated alkanes) is 6. The second-order valence-electron chi connectivity index (χ2n) is 11.2. The van der Waals surface area contributed by atoms with Crippen LogP contribution in [0, 0.1) is 0 Å². The van der Waals surface area contributed by atoms with Crippen LogP contribution >= 0.6 is 0 Å². The molecule has 0 aliphatic heterocycles. The van der Waals surface area contributed by atoms with Gasteiger partial charge in [0.05, 0.1) is 145 Å². The van der Waals surface area contributed by atoms with Crippen LogP contribution < -0.4 is 0 Å². The van der Waals surface area contributed by atoms with E-state index in [1.165, 1.54) is 32.1 Å². The maximum atomic E-state index is 11.7. The van der Waals surface area contributed by atoms with Crippen molar-refractivity contribution in [2.24, 2.45) is 0 Å². The van der Waals surface area contributed by atoms with Crippen molar-refractivity contribution < 1.29 is 71.2 Å². The average Bonchev–Trinajstić information content (AvgIpc) is 3.15. The number of rotatable bonds is 45. The zero-order valence-corrected chi connectivity index (χ0v) is 32.0. The summed E-state index contributed by atoms with van der Waals surface area (Å²) in [6.45, 7) is 16.2. The fourth-order valence-electron chi connectivity index (χ4n) is 4.07. The van der Waals surface area contributed by atoms with E-state index in [1.807, 2.05) is 0 Å². The summed E-state index contributed by atoms with van der Waals surface area (Å²) in [6, 6.07) is 0. The Labute approximate surface area is 312 Å². The quantitative estimate of drug-likeness (QED) is 0.0505. The number of carbonyl (C=O) groups excluding carboxylic acids is 2. The van der Waals surface area contributed by atoms with Crippen LogP contribution in [0.1, 0.15) is 58.3 Å². The third kappa shape index (κ3) is 44.4. The Kier molecular flexibility index (Phi) is 43.9. The van der Waals surface area contributed by atoms with Crippen molar-refractivity contribution in [1.82, 2.24) is 0 Å². The topological polar surface area (TPSA) is 154 Å². The first-order valence-corrected chi connectivity index (χ1v) is 19.0. The highest BCUT2D eigenvalue weighted by molar-refractivity contribution is 5.81. The van der Waals surface area contributed by atoms with Gasteiger partial charge in [0, 0.05) is 12.5 Å². The van der Waals surface area contributed by atoms with Gasteiger partial charge in [0.15, 0.2) is 0 Å².